The first-order valence-electron chi connectivity index (χ1n) is 9.76. The van der Waals surface area contributed by atoms with Crippen molar-refractivity contribution in [3.63, 3.8) is 0 Å². The maximum Gasteiger partial charge on any atom is 0.408 e. The molecule has 7 nitrogen and oxygen atoms in total. The molecule has 0 radical (unpaired) electrons. The van der Waals surface area contributed by atoms with Gasteiger partial charge in [-0.15, -0.1) is 0 Å². The minimum absolute atomic E-state index is 0.0153. The third-order valence-electron chi connectivity index (χ3n) is 4.01. The third kappa shape index (κ3) is 8.23. The van der Waals surface area contributed by atoms with Gasteiger partial charge in [-0.05, 0) is 38.5 Å². The average molecular weight is 415 g/mol. The van der Waals surface area contributed by atoms with Crippen LogP contribution in [0, 0.1) is 0 Å². The molecule has 1 amide bonds. The van der Waals surface area contributed by atoms with Crippen molar-refractivity contribution in [2.75, 3.05) is 13.2 Å². The topological polar surface area (TPSA) is 94.1 Å². The van der Waals surface area contributed by atoms with Gasteiger partial charge in [-0.3, -0.25) is 0 Å². The summed E-state index contributed by atoms with van der Waals surface area (Å²) in [6.45, 7) is 5.05. The van der Waals surface area contributed by atoms with Gasteiger partial charge < -0.3 is 24.6 Å². The standard InChI is InChI=1S/C23H29NO6/c1-23(2,3)30-22(27)24-19(16-28-15-17-10-6-4-7-11-17)20(14-25)29-21(26)18-12-8-5-9-13-18/h4-13,19-20,25H,14-16H2,1-3H3,(H,24,27)/t19-,20-/m0/s1. The highest BCUT2D eigenvalue weighted by Crippen LogP contribution is 2.11. The van der Waals surface area contributed by atoms with Crippen LogP contribution in [0.1, 0.15) is 36.7 Å². The van der Waals surface area contributed by atoms with Crippen LogP contribution in [0.5, 0.6) is 0 Å². The fourth-order valence-electron chi connectivity index (χ4n) is 2.61. The highest BCUT2D eigenvalue weighted by atomic mass is 16.6. The summed E-state index contributed by atoms with van der Waals surface area (Å²) >= 11 is 0. The maximum absolute atomic E-state index is 12.4. The fourth-order valence-corrected chi connectivity index (χ4v) is 2.61. The molecule has 0 unspecified atom stereocenters. The van der Waals surface area contributed by atoms with Gasteiger partial charge in [-0.2, -0.15) is 0 Å². The molecule has 0 spiro atoms. The molecule has 0 saturated carbocycles. The summed E-state index contributed by atoms with van der Waals surface area (Å²) in [5, 5.41) is 12.5. The lowest BCUT2D eigenvalue weighted by Crippen LogP contribution is -2.51. The summed E-state index contributed by atoms with van der Waals surface area (Å²) in [6, 6.07) is 17.1. The first-order chi connectivity index (χ1) is 14.3. The molecule has 162 valence electrons. The first-order valence-corrected chi connectivity index (χ1v) is 9.76. The van der Waals surface area contributed by atoms with Crippen molar-refractivity contribution in [3.8, 4) is 0 Å². The molecule has 0 aliphatic rings. The lowest BCUT2D eigenvalue weighted by molar-refractivity contribution is -0.0217. The molecule has 2 aromatic carbocycles. The quantitative estimate of drug-likeness (QED) is 0.610. The number of esters is 1. The molecule has 2 rings (SSSR count). The molecular formula is C23H29NO6. The summed E-state index contributed by atoms with van der Waals surface area (Å²) in [5.41, 5.74) is 0.599. The third-order valence-corrected chi connectivity index (χ3v) is 4.01. The average Bonchev–Trinajstić information content (AvgIpc) is 2.71. The number of alkyl carbamates (subject to hydrolysis) is 1. The smallest absolute Gasteiger partial charge is 0.408 e. The van der Waals surface area contributed by atoms with E-state index in [4.69, 9.17) is 14.2 Å². The van der Waals surface area contributed by atoms with Crippen LogP contribution in [-0.2, 0) is 20.8 Å². The van der Waals surface area contributed by atoms with E-state index < -0.39 is 36.4 Å². The van der Waals surface area contributed by atoms with E-state index in [1.807, 2.05) is 30.3 Å². The van der Waals surface area contributed by atoms with Gasteiger partial charge in [0, 0.05) is 0 Å². The summed E-state index contributed by atoms with van der Waals surface area (Å²) in [7, 11) is 0. The molecular weight excluding hydrogens is 386 g/mol. The summed E-state index contributed by atoms with van der Waals surface area (Å²) < 4.78 is 16.4. The number of carbonyl (C=O) groups is 2. The van der Waals surface area contributed by atoms with E-state index in [1.54, 1.807) is 51.1 Å². The van der Waals surface area contributed by atoms with Crippen molar-refractivity contribution in [2.24, 2.45) is 0 Å². The van der Waals surface area contributed by atoms with Gasteiger partial charge in [0.15, 0.2) is 0 Å². The second kappa shape index (κ2) is 11.3. The Morgan fingerprint density at radius 3 is 2.17 bits per heavy atom. The van der Waals surface area contributed by atoms with Crippen molar-refractivity contribution in [1.82, 2.24) is 5.32 Å². The first kappa shape index (κ1) is 23.4. The Labute approximate surface area is 177 Å². The largest absolute Gasteiger partial charge is 0.454 e. The lowest BCUT2D eigenvalue weighted by atomic mass is 10.1. The Morgan fingerprint density at radius 1 is 1.00 bits per heavy atom. The van der Waals surface area contributed by atoms with Crippen LogP contribution in [0.25, 0.3) is 0 Å². The molecule has 0 aliphatic carbocycles. The molecule has 30 heavy (non-hydrogen) atoms. The number of rotatable bonds is 9. The van der Waals surface area contributed by atoms with Crippen LogP contribution < -0.4 is 5.32 Å². The number of benzene rings is 2. The zero-order valence-electron chi connectivity index (χ0n) is 17.5. The maximum atomic E-state index is 12.4. The number of amides is 1. The van der Waals surface area contributed by atoms with Gasteiger partial charge >= 0.3 is 12.1 Å². The molecule has 0 aromatic heterocycles. The van der Waals surface area contributed by atoms with E-state index in [1.165, 1.54) is 0 Å². The van der Waals surface area contributed by atoms with E-state index >= 15 is 0 Å². The fraction of sp³-hybridized carbons (Fsp3) is 0.391. The molecule has 0 bridgehead atoms. The van der Waals surface area contributed by atoms with Crippen molar-refractivity contribution < 1.29 is 28.9 Å². The molecule has 0 saturated heterocycles. The lowest BCUT2D eigenvalue weighted by Gasteiger charge is -2.28. The van der Waals surface area contributed by atoms with E-state index in [0.29, 0.717) is 12.2 Å². The van der Waals surface area contributed by atoms with E-state index in [9.17, 15) is 14.7 Å². The number of hydrogen-bond acceptors (Lipinski definition) is 6. The Balaban J connectivity index is 2.06. The SMILES string of the molecule is CC(C)(C)OC(=O)N[C@@H](COCc1ccccc1)[C@H](CO)OC(=O)c1ccccc1. The Hall–Kier alpha value is -2.90. The van der Waals surface area contributed by atoms with Gasteiger partial charge in [-0.1, -0.05) is 48.5 Å². The molecule has 0 heterocycles. The van der Waals surface area contributed by atoms with Crippen LogP contribution in [0.15, 0.2) is 60.7 Å². The Bertz CT molecular complexity index is 788. The number of carbonyl (C=O) groups excluding carboxylic acids is 2. The summed E-state index contributed by atoms with van der Waals surface area (Å²) in [4.78, 5) is 24.7. The Kier molecular flexibility index (Phi) is 8.83. The van der Waals surface area contributed by atoms with Crippen LogP contribution >= 0.6 is 0 Å². The zero-order chi connectivity index (χ0) is 22.0. The van der Waals surface area contributed by atoms with Crippen LogP contribution in [0.4, 0.5) is 4.79 Å². The number of hydrogen-bond donors (Lipinski definition) is 2. The van der Waals surface area contributed by atoms with Gasteiger partial charge in [0.05, 0.1) is 31.4 Å². The minimum atomic E-state index is -1.01. The van der Waals surface area contributed by atoms with Crippen LogP contribution in [-0.4, -0.2) is 48.1 Å². The monoisotopic (exact) mass is 415 g/mol. The van der Waals surface area contributed by atoms with Gasteiger partial charge in [0.1, 0.15) is 11.7 Å². The molecule has 0 fully saturated rings. The number of nitrogens with one attached hydrogen (secondary N) is 1. The number of ether oxygens (including phenoxy) is 3. The summed E-state index contributed by atoms with van der Waals surface area (Å²) in [6.07, 6.45) is -1.70. The van der Waals surface area contributed by atoms with Gasteiger partial charge in [0.2, 0.25) is 0 Å². The second-order valence-corrected chi connectivity index (χ2v) is 7.75. The van der Waals surface area contributed by atoms with Gasteiger partial charge in [-0.25, -0.2) is 9.59 Å². The highest BCUT2D eigenvalue weighted by Gasteiger charge is 2.29. The molecule has 0 aliphatic heterocycles. The number of aliphatic hydroxyl groups is 1. The van der Waals surface area contributed by atoms with Crippen molar-refractivity contribution >= 4 is 12.1 Å². The van der Waals surface area contributed by atoms with Crippen molar-refractivity contribution in [3.05, 3.63) is 71.8 Å². The molecule has 2 atom stereocenters. The number of aliphatic hydroxyl groups excluding tert-OH is 1. The van der Waals surface area contributed by atoms with E-state index in [0.717, 1.165) is 5.56 Å². The van der Waals surface area contributed by atoms with E-state index in [2.05, 4.69) is 5.32 Å². The molecule has 2 aromatic rings. The van der Waals surface area contributed by atoms with E-state index in [-0.39, 0.29) is 6.61 Å². The molecule has 7 heteroatoms. The normalized spacial score (nSPS) is 13.2. The van der Waals surface area contributed by atoms with Gasteiger partial charge in [0.25, 0.3) is 0 Å². The van der Waals surface area contributed by atoms with Crippen LogP contribution in [0.3, 0.4) is 0 Å². The van der Waals surface area contributed by atoms with Crippen molar-refractivity contribution in [1.29, 1.82) is 0 Å². The summed E-state index contributed by atoms with van der Waals surface area (Å²) in [5.74, 6) is -0.603. The minimum Gasteiger partial charge on any atom is -0.454 e. The predicted octanol–water partition coefficient (Wildman–Crippen LogP) is 3.31. The van der Waals surface area contributed by atoms with Crippen LogP contribution in [0.2, 0.25) is 0 Å². The molecule has 2 N–H and O–H groups in total. The zero-order valence-corrected chi connectivity index (χ0v) is 17.5. The van der Waals surface area contributed by atoms with Crippen molar-refractivity contribution in [2.45, 2.75) is 45.1 Å². The Morgan fingerprint density at radius 2 is 1.60 bits per heavy atom. The second-order valence-electron chi connectivity index (χ2n) is 7.75. The predicted molar refractivity (Wildman–Crippen MR) is 112 cm³/mol. The highest BCUT2D eigenvalue weighted by molar-refractivity contribution is 5.89.